The number of halogens is 2. The summed E-state index contributed by atoms with van der Waals surface area (Å²) in [7, 11) is 0. The van der Waals surface area contributed by atoms with Crippen molar-refractivity contribution in [2.75, 3.05) is 11.1 Å². The second-order valence-corrected chi connectivity index (χ2v) is 7.52. The van der Waals surface area contributed by atoms with E-state index in [2.05, 4.69) is 20.3 Å². The summed E-state index contributed by atoms with van der Waals surface area (Å²) < 4.78 is 26.4. The van der Waals surface area contributed by atoms with Gasteiger partial charge < -0.3 is 5.32 Å². The molecule has 0 aliphatic carbocycles. The van der Waals surface area contributed by atoms with Gasteiger partial charge >= 0.3 is 0 Å². The average Bonchev–Trinajstić information content (AvgIpc) is 3.17. The normalized spacial score (nSPS) is 10.9. The Morgan fingerprint density at radius 3 is 2.82 bits per heavy atom. The van der Waals surface area contributed by atoms with Gasteiger partial charge in [0.15, 0.2) is 16.8 Å². The Kier molecular flexibility index (Phi) is 5.27. The van der Waals surface area contributed by atoms with Crippen LogP contribution in [0.3, 0.4) is 0 Å². The lowest BCUT2D eigenvalue weighted by atomic mass is 10.2. The maximum absolute atomic E-state index is 13.4. The number of carbonyl (C=O) groups is 1. The number of thiazole rings is 1. The van der Waals surface area contributed by atoms with Crippen molar-refractivity contribution in [3.63, 3.8) is 0 Å². The number of hydrogen-bond acceptors (Lipinski definition) is 6. The molecule has 0 aliphatic rings. The van der Waals surface area contributed by atoms with Gasteiger partial charge in [0, 0.05) is 16.3 Å². The van der Waals surface area contributed by atoms with E-state index in [4.69, 9.17) is 0 Å². The van der Waals surface area contributed by atoms with Crippen LogP contribution in [-0.4, -0.2) is 26.6 Å². The highest BCUT2D eigenvalue weighted by atomic mass is 32.2. The van der Waals surface area contributed by atoms with Crippen molar-refractivity contribution in [1.29, 1.82) is 0 Å². The van der Waals surface area contributed by atoms with E-state index in [9.17, 15) is 13.6 Å². The smallest absolute Gasteiger partial charge is 0.236 e. The zero-order valence-electron chi connectivity index (χ0n) is 14.2. The first-order chi connectivity index (χ1) is 13.6. The maximum Gasteiger partial charge on any atom is 0.236 e. The Labute approximate surface area is 166 Å². The first-order valence-corrected chi connectivity index (χ1v) is 10.00. The third kappa shape index (κ3) is 4.00. The van der Waals surface area contributed by atoms with Gasteiger partial charge in [0.05, 0.1) is 17.0 Å². The minimum absolute atomic E-state index is 0.154. The summed E-state index contributed by atoms with van der Waals surface area (Å²) in [5.74, 6) is -1.94. The molecule has 0 saturated heterocycles. The number of benzene rings is 2. The SMILES string of the molecule is O=C(CSc1ncnc2ccccc12)Nc1nc(-c2ccc(F)c(F)c2)cs1. The lowest BCUT2D eigenvalue weighted by molar-refractivity contribution is -0.113. The molecule has 28 heavy (non-hydrogen) atoms. The summed E-state index contributed by atoms with van der Waals surface area (Å²) in [4.78, 5) is 24.9. The second kappa shape index (κ2) is 7.99. The number of para-hydroxylation sites is 1. The molecular formula is C19H12F2N4OS2. The third-order valence-corrected chi connectivity index (χ3v) is 5.58. The quantitative estimate of drug-likeness (QED) is 0.377. The Morgan fingerprint density at radius 2 is 1.96 bits per heavy atom. The molecule has 0 spiro atoms. The van der Waals surface area contributed by atoms with Crippen molar-refractivity contribution in [3.05, 3.63) is 65.8 Å². The van der Waals surface area contributed by atoms with Gasteiger partial charge in [-0.2, -0.15) is 0 Å². The standard InChI is InChI=1S/C19H12F2N4OS2/c20-13-6-5-11(7-14(13)21)16-8-28-19(24-16)25-17(26)9-27-18-12-3-1-2-4-15(12)22-10-23-18/h1-8,10H,9H2,(H,24,25,26). The van der Waals surface area contributed by atoms with Gasteiger partial charge in [-0.1, -0.05) is 30.0 Å². The van der Waals surface area contributed by atoms with Crippen LogP contribution in [0.2, 0.25) is 0 Å². The molecule has 0 unspecified atom stereocenters. The van der Waals surface area contributed by atoms with E-state index in [0.29, 0.717) is 16.4 Å². The molecule has 1 amide bonds. The van der Waals surface area contributed by atoms with Gasteiger partial charge in [0.1, 0.15) is 11.4 Å². The number of nitrogens with one attached hydrogen (secondary N) is 1. The zero-order valence-corrected chi connectivity index (χ0v) is 15.9. The minimum Gasteiger partial charge on any atom is -0.301 e. The Morgan fingerprint density at radius 1 is 1.11 bits per heavy atom. The van der Waals surface area contributed by atoms with Gasteiger partial charge in [-0.15, -0.1) is 11.3 Å². The fourth-order valence-electron chi connectivity index (χ4n) is 2.50. The summed E-state index contributed by atoms with van der Waals surface area (Å²) in [6.45, 7) is 0. The molecule has 0 radical (unpaired) electrons. The van der Waals surface area contributed by atoms with E-state index < -0.39 is 11.6 Å². The van der Waals surface area contributed by atoms with Crippen molar-refractivity contribution >= 4 is 45.0 Å². The molecule has 0 fully saturated rings. The number of thioether (sulfide) groups is 1. The number of aromatic nitrogens is 3. The fraction of sp³-hybridized carbons (Fsp3) is 0.0526. The lowest BCUT2D eigenvalue weighted by Gasteiger charge is -2.04. The molecule has 0 aliphatic heterocycles. The molecule has 2 aromatic heterocycles. The van der Waals surface area contributed by atoms with Crippen molar-refractivity contribution in [1.82, 2.24) is 15.0 Å². The number of nitrogens with zero attached hydrogens (tertiary/aromatic N) is 3. The summed E-state index contributed by atoms with van der Waals surface area (Å²) in [6, 6.07) is 11.1. The molecule has 0 atom stereocenters. The van der Waals surface area contributed by atoms with Gasteiger partial charge in [-0.25, -0.2) is 23.7 Å². The van der Waals surface area contributed by atoms with Gasteiger partial charge in [0.25, 0.3) is 0 Å². The number of carbonyl (C=O) groups excluding carboxylic acids is 1. The molecule has 0 bridgehead atoms. The molecule has 2 aromatic carbocycles. The minimum atomic E-state index is -0.940. The Hall–Kier alpha value is -2.91. The van der Waals surface area contributed by atoms with E-state index in [-0.39, 0.29) is 11.7 Å². The van der Waals surface area contributed by atoms with Crippen molar-refractivity contribution in [3.8, 4) is 11.3 Å². The highest BCUT2D eigenvalue weighted by Gasteiger charge is 2.12. The molecule has 140 valence electrons. The van der Waals surface area contributed by atoms with Crippen molar-refractivity contribution in [2.24, 2.45) is 0 Å². The molecular weight excluding hydrogens is 402 g/mol. The molecule has 4 aromatic rings. The van der Waals surface area contributed by atoms with Crippen LogP contribution in [0.5, 0.6) is 0 Å². The maximum atomic E-state index is 13.4. The molecule has 5 nitrogen and oxygen atoms in total. The fourth-order valence-corrected chi connectivity index (χ4v) is 4.03. The molecule has 1 N–H and O–H groups in total. The highest BCUT2D eigenvalue weighted by molar-refractivity contribution is 8.00. The van der Waals surface area contributed by atoms with E-state index in [1.54, 1.807) is 5.38 Å². The van der Waals surface area contributed by atoms with Crippen LogP contribution in [0.25, 0.3) is 22.2 Å². The van der Waals surface area contributed by atoms with Crippen LogP contribution in [0.15, 0.2) is 59.2 Å². The molecule has 9 heteroatoms. The van der Waals surface area contributed by atoms with E-state index in [0.717, 1.165) is 28.1 Å². The monoisotopic (exact) mass is 414 g/mol. The summed E-state index contributed by atoms with van der Waals surface area (Å²) >= 11 is 2.52. The topological polar surface area (TPSA) is 67.8 Å². The largest absolute Gasteiger partial charge is 0.301 e. The van der Waals surface area contributed by atoms with E-state index in [1.165, 1.54) is 35.5 Å². The van der Waals surface area contributed by atoms with Crippen molar-refractivity contribution < 1.29 is 13.6 Å². The number of fused-ring (bicyclic) bond motifs is 1. The lowest BCUT2D eigenvalue weighted by Crippen LogP contribution is -2.14. The summed E-state index contributed by atoms with van der Waals surface area (Å²) in [5.41, 5.74) is 1.72. The van der Waals surface area contributed by atoms with E-state index >= 15 is 0 Å². The van der Waals surface area contributed by atoms with Crippen LogP contribution in [0, 0.1) is 11.6 Å². The number of rotatable bonds is 5. The van der Waals surface area contributed by atoms with E-state index in [1.807, 2.05) is 24.3 Å². The number of anilines is 1. The third-order valence-electron chi connectivity index (χ3n) is 3.81. The van der Waals surface area contributed by atoms with Gasteiger partial charge in [-0.3, -0.25) is 4.79 Å². The van der Waals surface area contributed by atoms with Gasteiger partial charge in [0.2, 0.25) is 5.91 Å². The number of hydrogen-bond donors (Lipinski definition) is 1. The first-order valence-electron chi connectivity index (χ1n) is 8.13. The average molecular weight is 414 g/mol. The Bertz CT molecular complexity index is 1160. The summed E-state index contributed by atoms with van der Waals surface area (Å²) in [6.07, 6.45) is 1.47. The number of amides is 1. The van der Waals surface area contributed by atoms with Crippen LogP contribution in [-0.2, 0) is 4.79 Å². The summed E-state index contributed by atoms with van der Waals surface area (Å²) in [5, 5.41) is 6.38. The van der Waals surface area contributed by atoms with Crippen LogP contribution >= 0.6 is 23.1 Å². The van der Waals surface area contributed by atoms with Crippen LogP contribution in [0.4, 0.5) is 13.9 Å². The predicted octanol–water partition coefficient (Wildman–Crippen LogP) is 4.76. The predicted molar refractivity (Wildman–Crippen MR) is 106 cm³/mol. The van der Waals surface area contributed by atoms with Crippen LogP contribution < -0.4 is 5.32 Å². The zero-order chi connectivity index (χ0) is 19.5. The first kappa shape index (κ1) is 18.5. The van der Waals surface area contributed by atoms with Crippen LogP contribution in [0.1, 0.15) is 0 Å². The van der Waals surface area contributed by atoms with Crippen molar-refractivity contribution in [2.45, 2.75) is 5.03 Å². The molecule has 2 heterocycles. The Balaban J connectivity index is 1.41. The van der Waals surface area contributed by atoms with Gasteiger partial charge in [-0.05, 0) is 24.3 Å². The molecule has 0 saturated carbocycles. The molecule has 4 rings (SSSR count). The second-order valence-electron chi connectivity index (χ2n) is 5.70. The highest BCUT2D eigenvalue weighted by Crippen LogP contribution is 2.27.